The van der Waals surface area contributed by atoms with Gasteiger partial charge in [0, 0.05) is 12.1 Å². The molecule has 0 aliphatic carbocycles. The first-order valence-electron chi connectivity index (χ1n) is 7.72. The van der Waals surface area contributed by atoms with Gasteiger partial charge in [-0.2, -0.15) is 0 Å². The van der Waals surface area contributed by atoms with E-state index in [0.717, 1.165) is 23.4 Å². The van der Waals surface area contributed by atoms with Crippen LogP contribution in [0.2, 0.25) is 0 Å². The minimum absolute atomic E-state index is 0.0123. The lowest BCUT2D eigenvalue weighted by Crippen LogP contribution is -2.43. The zero-order valence-corrected chi connectivity index (χ0v) is 15.6. The molecule has 1 amide bonds. The Labute approximate surface area is 144 Å². The third-order valence-electron chi connectivity index (χ3n) is 3.47. The molecule has 1 rings (SSSR count). The third kappa shape index (κ3) is 5.59. The van der Waals surface area contributed by atoms with E-state index in [1.54, 1.807) is 18.2 Å². The summed E-state index contributed by atoms with van der Waals surface area (Å²) < 4.78 is 35.7. The second-order valence-corrected chi connectivity index (χ2v) is 7.47. The summed E-state index contributed by atoms with van der Waals surface area (Å²) in [6.07, 6.45) is 2.82. The van der Waals surface area contributed by atoms with Crippen molar-refractivity contribution in [3.8, 4) is 11.5 Å². The number of ether oxygens (including phenoxy) is 2. The van der Waals surface area contributed by atoms with Crippen molar-refractivity contribution < 1.29 is 22.7 Å². The smallest absolute Gasteiger partial charge is 0.240 e. The van der Waals surface area contributed by atoms with E-state index in [9.17, 15) is 13.2 Å². The topological polar surface area (TPSA) is 84.9 Å². The fraction of sp³-hybridized carbons (Fsp3) is 0.562. The van der Waals surface area contributed by atoms with Crippen molar-refractivity contribution in [3.63, 3.8) is 0 Å². The second kappa shape index (κ2) is 8.77. The fourth-order valence-electron chi connectivity index (χ4n) is 2.33. The molecule has 1 aromatic rings. The Morgan fingerprint density at radius 2 is 1.96 bits per heavy atom. The summed E-state index contributed by atoms with van der Waals surface area (Å²) in [5.41, 5.74) is 0.291. The number of carbonyl (C=O) groups excluding carboxylic acids is 1. The first-order chi connectivity index (χ1) is 11.2. The summed E-state index contributed by atoms with van der Waals surface area (Å²) >= 11 is 0. The van der Waals surface area contributed by atoms with Crippen LogP contribution in [0.1, 0.15) is 26.7 Å². The first-order valence-corrected chi connectivity index (χ1v) is 9.56. The van der Waals surface area contributed by atoms with Gasteiger partial charge in [0.15, 0.2) is 0 Å². The number of rotatable bonds is 9. The summed E-state index contributed by atoms with van der Waals surface area (Å²) in [6.45, 7) is 3.60. The first kappa shape index (κ1) is 20.1. The van der Waals surface area contributed by atoms with E-state index >= 15 is 0 Å². The molecule has 0 radical (unpaired) electrons. The number of nitrogens with one attached hydrogen (secondary N) is 1. The molecule has 7 nitrogen and oxygen atoms in total. The molecule has 0 heterocycles. The molecule has 1 N–H and O–H groups in total. The lowest BCUT2D eigenvalue weighted by molar-refractivity contribution is -0.120. The minimum Gasteiger partial charge on any atom is -0.497 e. The Kier molecular flexibility index (Phi) is 7.34. The zero-order valence-electron chi connectivity index (χ0n) is 14.8. The molecule has 0 spiro atoms. The summed E-state index contributed by atoms with van der Waals surface area (Å²) in [6, 6.07) is 4.74. The molecular weight excluding hydrogens is 332 g/mol. The SMILES string of the molecule is CCC[C@@H](C)NC(=O)CN(c1ccc(OC)cc1OC)S(C)(=O)=O. The molecule has 8 heteroatoms. The molecule has 0 aliphatic heterocycles. The van der Waals surface area contributed by atoms with Crippen LogP contribution in [0.4, 0.5) is 5.69 Å². The van der Waals surface area contributed by atoms with Crippen molar-refractivity contribution in [3.05, 3.63) is 18.2 Å². The molecule has 0 bridgehead atoms. The monoisotopic (exact) mass is 358 g/mol. The van der Waals surface area contributed by atoms with Crippen LogP contribution in [0.25, 0.3) is 0 Å². The molecule has 0 saturated carbocycles. The predicted molar refractivity (Wildman–Crippen MR) is 94.2 cm³/mol. The number of hydrogen-bond acceptors (Lipinski definition) is 5. The van der Waals surface area contributed by atoms with Gasteiger partial charge in [0.05, 0.1) is 26.2 Å². The van der Waals surface area contributed by atoms with E-state index in [-0.39, 0.29) is 18.5 Å². The average molecular weight is 358 g/mol. The summed E-state index contributed by atoms with van der Waals surface area (Å²) in [7, 11) is -0.724. The van der Waals surface area contributed by atoms with Gasteiger partial charge in [-0.25, -0.2) is 8.42 Å². The molecule has 0 aromatic heterocycles. The Morgan fingerprint density at radius 1 is 1.29 bits per heavy atom. The maximum atomic E-state index is 12.2. The molecule has 0 fully saturated rings. The predicted octanol–water partition coefficient (Wildman–Crippen LogP) is 1.77. The van der Waals surface area contributed by atoms with Crippen molar-refractivity contribution >= 4 is 21.6 Å². The number of methoxy groups -OCH3 is 2. The van der Waals surface area contributed by atoms with Gasteiger partial charge in [-0.15, -0.1) is 0 Å². The van der Waals surface area contributed by atoms with Crippen LogP contribution in [0, 0.1) is 0 Å². The molecule has 0 unspecified atom stereocenters. The van der Waals surface area contributed by atoms with Gasteiger partial charge in [0.2, 0.25) is 15.9 Å². The number of anilines is 1. The van der Waals surface area contributed by atoms with Crippen molar-refractivity contribution in [2.24, 2.45) is 0 Å². The van der Waals surface area contributed by atoms with Gasteiger partial charge >= 0.3 is 0 Å². The van der Waals surface area contributed by atoms with Gasteiger partial charge < -0.3 is 14.8 Å². The van der Waals surface area contributed by atoms with Crippen LogP contribution >= 0.6 is 0 Å². The van der Waals surface area contributed by atoms with Gasteiger partial charge in [-0.3, -0.25) is 9.10 Å². The molecule has 136 valence electrons. The molecule has 1 atom stereocenters. The van der Waals surface area contributed by atoms with E-state index in [4.69, 9.17) is 9.47 Å². The highest BCUT2D eigenvalue weighted by Crippen LogP contribution is 2.33. The van der Waals surface area contributed by atoms with Crippen LogP contribution in [0.15, 0.2) is 18.2 Å². The van der Waals surface area contributed by atoms with Crippen LogP contribution in [-0.2, 0) is 14.8 Å². The van der Waals surface area contributed by atoms with Crippen molar-refractivity contribution in [2.75, 3.05) is 31.3 Å². The number of benzene rings is 1. The van der Waals surface area contributed by atoms with E-state index in [1.807, 2.05) is 13.8 Å². The van der Waals surface area contributed by atoms with Gasteiger partial charge in [0.1, 0.15) is 18.0 Å². The lowest BCUT2D eigenvalue weighted by Gasteiger charge is -2.25. The summed E-state index contributed by atoms with van der Waals surface area (Å²) in [5, 5.41) is 2.80. The molecule has 24 heavy (non-hydrogen) atoms. The van der Waals surface area contributed by atoms with Crippen LogP contribution < -0.4 is 19.1 Å². The van der Waals surface area contributed by atoms with E-state index in [1.165, 1.54) is 14.2 Å². The zero-order chi connectivity index (χ0) is 18.3. The molecule has 0 aliphatic rings. The van der Waals surface area contributed by atoms with E-state index in [0.29, 0.717) is 17.2 Å². The molecular formula is C16H26N2O5S. The fourth-order valence-corrected chi connectivity index (χ4v) is 3.19. The molecule has 0 saturated heterocycles. The van der Waals surface area contributed by atoms with E-state index in [2.05, 4.69) is 5.32 Å². The Bertz CT molecular complexity index is 660. The van der Waals surface area contributed by atoms with Crippen molar-refractivity contribution in [1.82, 2.24) is 5.32 Å². The number of carbonyl (C=O) groups is 1. The molecule has 1 aromatic carbocycles. The Morgan fingerprint density at radius 3 is 2.46 bits per heavy atom. The Balaban J connectivity index is 3.09. The quantitative estimate of drug-likeness (QED) is 0.727. The maximum Gasteiger partial charge on any atom is 0.240 e. The third-order valence-corrected chi connectivity index (χ3v) is 4.60. The lowest BCUT2D eigenvalue weighted by atomic mass is 10.2. The standard InChI is InChI=1S/C16H26N2O5S/c1-6-7-12(2)17-16(19)11-18(24(5,20)21)14-9-8-13(22-3)10-15(14)23-4/h8-10,12H,6-7,11H2,1-5H3,(H,17,19)/t12-/m1/s1. The van der Waals surface area contributed by atoms with Crippen molar-refractivity contribution in [1.29, 1.82) is 0 Å². The number of hydrogen-bond donors (Lipinski definition) is 1. The van der Waals surface area contributed by atoms with Gasteiger partial charge in [-0.05, 0) is 25.5 Å². The Hall–Kier alpha value is -1.96. The van der Waals surface area contributed by atoms with Crippen LogP contribution in [0.3, 0.4) is 0 Å². The highest BCUT2D eigenvalue weighted by molar-refractivity contribution is 7.92. The van der Waals surface area contributed by atoms with Crippen LogP contribution in [0.5, 0.6) is 11.5 Å². The minimum atomic E-state index is -3.66. The van der Waals surface area contributed by atoms with E-state index < -0.39 is 10.0 Å². The summed E-state index contributed by atoms with van der Waals surface area (Å²) in [5.74, 6) is 0.485. The number of nitrogens with zero attached hydrogens (tertiary/aromatic N) is 1. The van der Waals surface area contributed by atoms with Gasteiger partial charge in [-0.1, -0.05) is 13.3 Å². The largest absolute Gasteiger partial charge is 0.497 e. The number of amides is 1. The highest BCUT2D eigenvalue weighted by atomic mass is 32.2. The van der Waals surface area contributed by atoms with Gasteiger partial charge in [0.25, 0.3) is 0 Å². The van der Waals surface area contributed by atoms with Crippen LogP contribution in [-0.4, -0.2) is 47.4 Å². The summed E-state index contributed by atoms with van der Waals surface area (Å²) in [4.78, 5) is 12.2. The number of sulfonamides is 1. The average Bonchev–Trinajstić information content (AvgIpc) is 2.51. The highest BCUT2D eigenvalue weighted by Gasteiger charge is 2.24. The second-order valence-electron chi connectivity index (χ2n) is 5.56. The van der Waals surface area contributed by atoms with Crippen molar-refractivity contribution in [2.45, 2.75) is 32.7 Å². The normalized spacial score (nSPS) is 12.4. The maximum absolute atomic E-state index is 12.2.